The van der Waals surface area contributed by atoms with E-state index in [9.17, 15) is 4.79 Å². The third-order valence-corrected chi connectivity index (χ3v) is 3.09. The molecule has 1 unspecified atom stereocenters. The number of fused-ring (bicyclic) bond motifs is 1. The zero-order chi connectivity index (χ0) is 13.0. The van der Waals surface area contributed by atoms with Gasteiger partial charge >= 0.3 is 0 Å². The van der Waals surface area contributed by atoms with E-state index in [1.807, 2.05) is 12.4 Å². The van der Waals surface area contributed by atoms with Crippen molar-refractivity contribution >= 4 is 5.52 Å². The van der Waals surface area contributed by atoms with Crippen molar-refractivity contribution < 1.29 is 0 Å². The summed E-state index contributed by atoms with van der Waals surface area (Å²) in [5.41, 5.74) is 0.651. The Kier molecular flexibility index (Phi) is 4.15. The molecule has 0 spiro atoms. The van der Waals surface area contributed by atoms with Crippen LogP contribution in [0.2, 0.25) is 0 Å². The number of rotatable bonds is 6. The Bertz CT molecular complexity index is 551. The Labute approximate surface area is 106 Å². The minimum atomic E-state index is 0.0222. The number of likely N-dealkylation sites (N-methyl/N-ethyl adjacent to an activating group) is 1. The van der Waals surface area contributed by atoms with Crippen LogP contribution < -0.4 is 10.9 Å². The summed E-state index contributed by atoms with van der Waals surface area (Å²) in [5.74, 6) is 0. The second-order valence-corrected chi connectivity index (χ2v) is 4.46. The van der Waals surface area contributed by atoms with E-state index < -0.39 is 0 Å². The molecule has 0 aliphatic rings. The second kappa shape index (κ2) is 5.82. The van der Waals surface area contributed by atoms with E-state index in [2.05, 4.69) is 24.3 Å². The van der Waals surface area contributed by atoms with Gasteiger partial charge in [-0.3, -0.25) is 4.79 Å². The molecule has 1 N–H and O–H groups in total. The molecule has 0 amide bonds. The van der Waals surface area contributed by atoms with Gasteiger partial charge in [-0.1, -0.05) is 20.3 Å². The lowest BCUT2D eigenvalue weighted by Crippen LogP contribution is -2.36. The highest BCUT2D eigenvalue weighted by molar-refractivity contribution is 5.42. The largest absolute Gasteiger partial charge is 0.312 e. The summed E-state index contributed by atoms with van der Waals surface area (Å²) >= 11 is 0. The summed E-state index contributed by atoms with van der Waals surface area (Å²) in [7, 11) is 0. The van der Waals surface area contributed by atoms with Crippen molar-refractivity contribution in [3.63, 3.8) is 0 Å². The Morgan fingerprint density at radius 2 is 2.22 bits per heavy atom. The molecule has 0 fully saturated rings. The van der Waals surface area contributed by atoms with Gasteiger partial charge in [-0.25, -0.2) is 4.52 Å². The summed E-state index contributed by atoms with van der Waals surface area (Å²) in [4.78, 5) is 12.2. The van der Waals surface area contributed by atoms with E-state index in [-0.39, 0.29) is 5.56 Å². The Balaban J connectivity index is 2.24. The minimum Gasteiger partial charge on any atom is -0.312 e. The summed E-state index contributed by atoms with van der Waals surface area (Å²) in [6, 6.07) is 2.10. The average molecular weight is 248 g/mol. The molecule has 0 bridgehead atoms. The Hall–Kier alpha value is -1.62. The zero-order valence-electron chi connectivity index (χ0n) is 11.0. The van der Waals surface area contributed by atoms with E-state index in [4.69, 9.17) is 0 Å². The highest BCUT2D eigenvalue weighted by Gasteiger charge is 2.09. The molecule has 98 valence electrons. The van der Waals surface area contributed by atoms with Crippen molar-refractivity contribution in [2.75, 3.05) is 6.54 Å². The number of aromatic nitrogens is 3. The van der Waals surface area contributed by atoms with Gasteiger partial charge in [-0.2, -0.15) is 5.10 Å². The molecule has 2 aromatic rings. The van der Waals surface area contributed by atoms with E-state index in [0.717, 1.165) is 19.4 Å². The van der Waals surface area contributed by atoms with Crippen molar-refractivity contribution in [1.82, 2.24) is 19.5 Å². The van der Waals surface area contributed by atoms with Crippen LogP contribution in [-0.4, -0.2) is 26.8 Å². The highest BCUT2D eigenvalue weighted by atomic mass is 16.1. The third-order valence-electron chi connectivity index (χ3n) is 3.09. The predicted molar refractivity (Wildman–Crippen MR) is 71.8 cm³/mol. The molecule has 0 aliphatic heterocycles. The molecule has 2 heterocycles. The molecule has 18 heavy (non-hydrogen) atoms. The van der Waals surface area contributed by atoms with Gasteiger partial charge in [-0.05, 0) is 19.0 Å². The summed E-state index contributed by atoms with van der Waals surface area (Å²) in [5, 5.41) is 7.48. The van der Waals surface area contributed by atoms with E-state index in [0.29, 0.717) is 18.1 Å². The van der Waals surface area contributed by atoms with Crippen molar-refractivity contribution in [2.24, 2.45) is 0 Å². The molecule has 0 radical (unpaired) electrons. The zero-order valence-corrected chi connectivity index (χ0v) is 11.0. The Morgan fingerprint density at radius 3 is 2.94 bits per heavy atom. The van der Waals surface area contributed by atoms with E-state index in [1.54, 1.807) is 21.3 Å². The first-order valence-electron chi connectivity index (χ1n) is 6.52. The second-order valence-electron chi connectivity index (χ2n) is 4.46. The maximum Gasteiger partial charge on any atom is 0.276 e. The molecule has 0 aromatic carbocycles. The fourth-order valence-electron chi connectivity index (χ4n) is 2.24. The van der Waals surface area contributed by atoms with Crippen LogP contribution in [0, 0.1) is 0 Å². The molecule has 0 saturated heterocycles. The van der Waals surface area contributed by atoms with Crippen molar-refractivity contribution in [2.45, 2.75) is 39.3 Å². The van der Waals surface area contributed by atoms with Gasteiger partial charge < -0.3 is 9.88 Å². The molecule has 5 heteroatoms. The molecule has 2 aromatic heterocycles. The molecule has 2 rings (SSSR count). The smallest absolute Gasteiger partial charge is 0.276 e. The lowest BCUT2D eigenvalue weighted by atomic mass is 10.1. The third kappa shape index (κ3) is 2.61. The molecular weight excluding hydrogens is 228 g/mol. The first-order chi connectivity index (χ1) is 8.76. The molecule has 0 aliphatic carbocycles. The number of hydrogen-bond donors (Lipinski definition) is 1. The van der Waals surface area contributed by atoms with Crippen LogP contribution in [0.5, 0.6) is 0 Å². The van der Waals surface area contributed by atoms with Crippen LogP contribution in [0.1, 0.15) is 26.7 Å². The Morgan fingerprint density at radius 1 is 1.39 bits per heavy atom. The number of nitrogens with zero attached hydrogens (tertiary/aromatic N) is 3. The maximum absolute atomic E-state index is 12.2. The van der Waals surface area contributed by atoms with Gasteiger partial charge in [0.2, 0.25) is 0 Å². The van der Waals surface area contributed by atoms with Crippen LogP contribution in [0.3, 0.4) is 0 Å². The molecule has 5 nitrogen and oxygen atoms in total. The molecule has 1 atom stereocenters. The topological polar surface area (TPSA) is 51.3 Å². The fraction of sp³-hybridized carbons (Fsp3) is 0.538. The lowest BCUT2D eigenvalue weighted by molar-refractivity contribution is 0.423. The van der Waals surface area contributed by atoms with Crippen molar-refractivity contribution in [3.8, 4) is 0 Å². The first-order valence-corrected chi connectivity index (χ1v) is 6.52. The standard InChI is InChI=1S/C13H20N4O/c1-3-5-11(14-4-2)10-16-8-9-17-12(13(16)18)6-7-15-17/h6-9,11,14H,3-5,10H2,1-2H3. The van der Waals surface area contributed by atoms with Gasteiger partial charge in [0.05, 0.1) is 6.20 Å². The van der Waals surface area contributed by atoms with E-state index in [1.165, 1.54) is 0 Å². The van der Waals surface area contributed by atoms with Crippen LogP contribution in [0.4, 0.5) is 0 Å². The SMILES string of the molecule is CCCC(Cn1ccn2nccc2c1=O)NCC. The van der Waals surface area contributed by atoms with Gasteiger partial charge in [-0.15, -0.1) is 0 Å². The summed E-state index contributed by atoms with van der Waals surface area (Å²) < 4.78 is 3.38. The van der Waals surface area contributed by atoms with Gasteiger partial charge in [0.25, 0.3) is 5.56 Å². The van der Waals surface area contributed by atoms with Crippen LogP contribution in [0.15, 0.2) is 29.5 Å². The number of hydrogen-bond acceptors (Lipinski definition) is 3. The molecule has 0 saturated carbocycles. The highest BCUT2D eigenvalue weighted by Crippen LogP contribution is 2.01. The van der Waals surface area contributed by atoms with Gasteiger partial charge in [0, 0.05) is 25.0 Å². The van der Waals surface area contributed by atoms with Gasteiger partial charge in [0.15, 0.2) is 0 Å². The van der Waals surface area contributed by atoms with Crippen LogP contribution in [-0.2, 0) is 6.54 Å². The van der Waals surface area contributed by atoms with Gasteiger partial charge in [0.1, 0.15) is 5.52 Å². The predicted octanol–water partition coefficient (Wildman–Crippen LogP) is 1.27. The van der Waals surface area contributed by atoms with Crippen molar-refractivity contribution in [3.05, 3.63) is 35.0 Å². The fourth-order valence-corrected chi connectivity index (χ4v) is 2.24. The van der Waals surface area contributed by atoms with E-state index >= 15 is 0 Å². The lowest BCUT2D eigenvalue weighted by Gasteiger charge is -2.18. The first kappa shape index (κ1) is 12.8. The monoisotopic (exact) mass is 248 g/mol. The quantitative estimate of drug-likeness (QED) is 0.837. The maximum atomic E-state index is 12.2. The summed E-state index contributed by atoms with van der Waals surface area (Å²) in [6.45, 7) is 5.88. The summed E-state index contributed by atoms with van der Waals surface area (Å²) in [6.07, 6.45) is 7.47. The molecular formula is C13H20N4O. The minimum absolute atomic E-state index is 0.0222. The normalized spacial score (nSPS) is 13.0. The van der Waals surface area contributed by atoms with Crippen LogP contribution >= 0.6 is 0 Å². The average Bonchev–Trinajstić information content (AvgIpc) is 2.82. The number of nitrogens with one attached hydrogen (secondary N) is 1. The van der Waals surface area contributed by atoms with Crippen molar-refractivity contribution in [1.29, 1.82) is 0 Å². The van der Waals surface area contributed by atoms with Crippen LogP contribution in [0.25, 0.3) is 5.52 Å².